The third-order valence-electron chi connectivity index (χ3n) is 5.24. The van der Waals surface area contributed by atoms with E-state index in [4.69, 9.17) is 4.74 Å². The number of amides is 1. The van der Waals surface area contributed by atoms with Gasteiger partial charge in [0.1, 0.15) is 16.8 Å². The quantitative estimate of drug-likeness (QED) is 0.569. The number of fused-ring (bicyclic) bond motifs is 1. The zero-order chi connectivity index (χ0) is 20.2. The first-order chi connectivity index (χ1) is 14.1. The van der Waals surface area contributed by atoms with Gasteiger partial charge < -0.3 is 25.8 Å². The first kappa shape index (κ1) is 19.7. The molecule has 2 aliphatic heterocycles. The molecule has 1 saturated heterocycles. The van der Waals surface area contributed by atoms with Gasteiger partial charge in [0.15, 0.2) is 0 Å². The normalized spacial score (nSPS) is 21.0. The third-order valence-corrected chi connectivity index (χ3v) is 6.38. The Bertz CT molecular complexity index is 878. The largest absolute Gasteiger partial charge is 0.478 e. The molecule has 3 heterocycles. The predicted molar refractivity (Wildman–Crippen MR) is 114 cm³/mol. The molecule has 154 valence electrons. The fourth-order valence-corrected chi connectivity index (χ4v) is 5.16. The van der Waals surface area contributed by atoms with Gasteiger partial charge in [-0.05, 0) is 43.7 Å². The highest BCUT2D eigenvalue weighted by molar-refractivity contribution is 7.17. The van der Waals surface area contributed by atoms with Crippen molar-refractivity contribution in [2.75, 3.05) is 29.1 Å². The average Bonchev–Trinajstić information content (AvgIpc) is 3.06. The van der Waals surface area contributed by atoms with Crippen LogP contribution in [0.2, 0.25) is 0 Å². The van der Waals surface area contributed by atoms with Gasteiger partial charge in [-0.25, -0.2) is 4.79 Å². The second kappa shape index (κ2) is 8.84. The number of carboxylic acid groups (broad SMARTS) is 1. The number of para-hydroxylation sites is 1. The number of nitrogens with one attached hydrogen (secondary N) is 3. The number of hydrogen-bond acceptors (Lipinski definition) is 6. The van der Waals surface area contributed by atoms with Crippen LogP contribution >= 0.6 is 11.3 Å². The Hall–Kier alpha value is -2.58. The number of anilines is 3. The summed E-state index contributed by atoms with van der Waals surface area (Å²) in [5, 5.41) is 19.8. The van der Waals surface area contributed by atoms with Gasteiger partial charge in [0.05, 0.1) is 5.69 Å². The first-order valence-corrected chi connectivity index (χ1v) is 10.8. The molecule has 2 aliphatic rings. The van der Waals surface area contributed by atoms with Gasteiger partial charge in [0.25, 0.3) is 0 Å². The maximum Gasteiger partial charge on any atom is 0.340 e. The van der Waals surface area contributed by atoms with Crippen molar-refractivity contribution in [2.24, 2.45) is 5.92 Å². The van der Waals surface area contributed by atoms with Crippen LogP contribution in [0.15, 0.2) is 30.3 Å². The van der Waals surface area contributed by atoms with Crippen LogP contribution in [0, 0.1) is 5.92 Å². The Morgan fingerprint density at radius 3 is 2.79 bits per heavy atom. The van der Waals surface area contributed by atoms with Crippen LogP contribution in [-0.2, 0) is 16.0 Å². The van der Waals surface area contributed by atoms with Crippen molar-refractivity contribution in [1.29, 1.82) is 0 Å². The number of carbonyl (C=O) groups excluding carboxylic acids is 1. The number of thiophene rings is 1. The molecule has 2 atom stereocenters. The van der Waals surface area contributed by atoms with Gasteiger partial charge in [-0.3, -0.25) is 4.79 Å². The highest BCUT2D eigenvalue weighted by atomic mass is 32.1. The van der Waals surface area contributed by atoms with Gasteiger partial charge >= 0.3 is 5.97 Å². The minimum absolute atomic E-state index is 0.0320. The lowest BCUT2D eigenvalue weighted by atomic mass is 9.95. The Labute approximate surface area is 173 Å². The molecule has 4 N–H and O–H groups in total. The van der Waals surface area contributed by atoms with Crippen molar-refractivity contribution < 1.29 is 19.4 Å². The lowest BCUT2D eigenvalue weighted by Crippen LogP contribution is -2.28. The van der Waals surface area contributed by atoms with Crippen LogP contribution in [-0.4, -0.2) is 36.4 Å². The number of benzene rings is 1. The molecule has 0 radical (unpaired) electrons. The molecule has 7 nitrogen and oxygen atoms in total. The number of ether oxygens (including phenoxy) is 1. The van der Waals surface area contributed by atoms with E-state index in [1.54, 1.807) is 0 Å². The summed E-state index contributed by atoms with van der Waals surface area (Å²) in [6.45, 7) is 1.27. The number of carbonyl (C=O) groups is 2. The molecular formula is C21H25N3O4S. The summed E-state index contributed by atoms with van der Waals surface area (Å²) in [5.41, 5.74) is 1.75. The molecule has 1 fully saturated rings. The van der Waals surface area contributed by atoms with E-state index in [1.165, 1.54) is 11.3 Å². The van der Waals surface area contributed by atoms with Crippen molar-refractivity contribution in [3.8, 4) is 0 Å². The molecule has 0 aliphatic carbocycles. The Kier molecular flexibility index (Phi) is 6.01. The molecule has 0 saturated carbocycles. The van der Waals surface area contributed by atoms with E-state index in [1.807, 2.05) is 30.3 Å². The number of hydrogen-bond donors (Lipinski definition) is 4. The molecule has 2 aromatic rings. The molecule has 1 aromatic carbocycles. The van der Waals surface area contributed by atoms with Gasteiger partial charge in [-0.1, -0.05) is 18.2 Å². The number of carboxylic acids is 1. The highest BCUT2D eigenvalue weighted by Crippen LogP contribution is 2.42. The molecule has 0 spiro atoms. The standard InChI is InChI=1S/C21H25N3O4S/c25-16(23-14-6-2-1-3-7-14)11-13-10-15-19(22-12-13)18(21(26)27)20(29-15)24-17-8-4-5-9-28-17/h1-3,6-7,13,17,22,24H,4-5,8-12H2,(H,23,25)(H,26,27). The first-order valence-electron chi connectivity index (χ1n) is 9.96. The summed E-state index contributed by atoms with van der Waals surface area (Å²) in [4.78, 5) is 25.2. The summed E-state index contributed by atoms with van der Waals surface area (Å²) in [6.07, 6.45) is 3.91. The fraction of sp³-hybridized carbons (Fsp3) is 0.429. The van der Waals surface area contributed by atoms with E-state index in [-0.39, 0.29) is 23.6 Å². The van der Waals surface area contributed by atoms with E-state index >= 15 is 0 Å². The minimum Gasteiger partial charge on any atom is -0.478 e. The molecule has 2 unspecified atom stereocenters. The van der Waals surface area contributed by atoms with E-state index in [0.29, 0.717) is 36.7 Å². The van der Waals surface area contributed by atoms with Crippen molar-refractivity contribution in [3.05, 3.63) is 40.8 Å². The van der Waals surface area contributed by atoms with Crippen molar-refractivity contribution >= 4 is 39.6 Å². The zero-order valence-corrected chi connectivity index (χ0v) is 16.9. The van der Waals surface area contributed by atoms with Crippen LogP contribution in [0.5, 0.6) is 0 Å². The smallest absolute Gasteiger partial charge is 0.340 e. The molecule has 29 heavy (non-hydrogen) atoms. The van der Waals surface area contributed by atoms with Gasteiger partial charge in [0, 0.05) is 30.1 Å². The summed E-state index contributed by atoms with van der Waals surface area (Å²) >= 11 is 1.45. The molecule has 1 aromatic heterocycles. The van der Waals surface area contributed by atoms with Crippen LogP contribution in [0.1, 0.15) is 40.9 Å². The fourth-order valence-electron chi connectivity index (χ4n) is 3.84. The second-order valence-electron chi connectivity index (χ2n) is 7.48. The number of aromatic carboxylic acids is 1. The van der Waals surface area contributed by atoms with E-state index in [0.717, 1.165) is 29.8 Å². The highest BCUT2D eigenvalue weighted by Gasteiger charge is 2.30. The molecule has 0 bridgehead atoms. The molecule has 1 amide bonds. The molecule has 8 heteroatoms. The van der Waals surface area contributed by atoms with Crippen molar-refractivity contribution in [3.63, 3.8) is 0 Å². The minimum atomic E-state index is -0.950. The zero-order valence-electron chi connectivity index (χ0n) is 16.1. The second-order valence-corrected chi connectivity index (χ2v) is 8.58. The van der Waals surface area contributed by atoms with Crippen LogP contribution in [0.25, 0.3) is 0 Å². The predicted octanol–water partition coefficient (Wildman–Crippen LogP) is 4.00. The van der Waals surface area contributed by atoms with Gasteiger partial charge in [0.2, 0.25) is 5.91 Å². The lowest BCUT2D eigenvalue weighted by molar-refractivity contribution is -0.117. The van der Waals surface area contributed by atoms with Crippen LogP contribution in [0.4, 0.5) is 16.4 Å². The van der Waals surface area contributed by atoms with Crippen molar-refractivity contribution in [1.82, 2.24) is 0 Å². The summed E-state index contributed by atoms with van der Waals surface area (Å²) in [5.74, 6) is -0.866. The molecular weight excluding hydrogens is 390 g/mol. The van der Waals surface area contributed by atoms with E-state index < -0.39 is 5.97 Å². The topological polar surface area (TPSA) is 99.7 Å². The van der Waals surface area contributed by atoms with Crippen LogP contribution < -0.4 is 16.0 Å². The maximum atomic E-state index is 12.4. The van der Waals surface area contributed by atoms with Crippen molar-refractivity contribution in [2.45, 2.75) is 38.3 Å². The third kappa shape index (κ3) is 4.71. The maximum absolute atomic E-state index is 12.4. The SMILES string of the molecule is O=C(CC1CNc2c(sc(NC3CCCCO3)c2C(=O)O)C1)Nc1ccccc1. The Morgan fingerprint density at radius 1 is 1.24 bits per heavy atom. The monoisotopic (exact) mass is 415 g/mol. The number of rotatable bonds is 6. The Morgan fingerprint density at radius 2 is 2.07 bits per heavy atom. The summed E-state index contributed by atoms with van der Waals surface area (Å²) in [7, 11) is 0. The van der Waals surface area contributed by atoms with E-state index in [2.05, 4.69) is 16.0 Å². The van der Waals surface area contributed by atoms with Gasteiger partial charge in [-0.15, -0.1) is 11.3 Å². The van der Waals surface area contributed by atoms with Gasteiger partial charge in [-0.2, -0.15) is 0 Å². The average molecular weight is 416 g/mol. The summed E-state index contributed by atoms with van der Waals surface area (Å²) in [6, 6.07) is 9.39. The summed E-state index contributed by atoms with van der Waals surface area (Å²) < 4.78 is 5.71. The van der Waals surface area contributed by atoms with Crippen LogP contribution in [0.3, 0.4) is 0 Å². The Balaban J connectivity index is 1.43. The molecule has 4 rings (SSSR count). The van der Waals surface area contributed by atoms with E-state index in [9.17, 15) is 14.7 Å². The lowest BCUT2D eigenvalue weighted by Gasteiger charge is -2.24.